The zero-order valence-corrected chi connectivity index (χ0v) is 17.7. The smallest absolute Gasteiger partial charge is 0.255 e. The van der Waals surface area contributed by atoms with E-state index in [0.717, 1.165) is 50.4 Å². The molecule has 4 heteroatoms. The lowest BCUT2D eigenvalue weighted by Crippen LogP contribution is -2.28. The van der Waals surface area contributed by atoms with Crippen LogP contribution in [-0.4, -0.2) is 15.8 Å². The molecule has 1 N–H and O–H groups in total. The minimum Gasteiger partial charge on any atom is -0.464 e. The molecule has 6 rings (SSSR count). The van der Waals surface area contributed by atoms with Gasteiger partial charge in [0.15, 0.2) is 0 Å². The summed E-state index contributed by atoms with van der Waals surface area (Å²) in [6.07, 6.45) is 0. The number of hydrogen-bond donors (Lipinski definition) is 1. The molecule has 0 saturated carbocycles. The number of aromatic amines is 1. The first-order valence-corrected chi connectivity index (χ1v) is 10.8. The number of hydrogen-bond acceptors (Lipinski definition) is 2. The van der Waals surface area contributed by atoms with Crippen LogP contribution in [0, 0.1) is 6.92 Å². The molecule has 0 fully saturated rings. The third-order valence-corrected chi connectivity index (χ3v) is 6.26. The zero-order chi connectivity index (χ0) is 21.7. The molecule has 3 heterocycles. The number of furan rings is 1. The monoisotopic (exact) mass is 418 g/mol. The van der Waals surface area contributed by atoms with Gasteiger partial charge in [-0.1, -0.05) is 66.7 Å². The lowest BCUT2D eigenvalue weighted by Gasteiger charge is -2.26. The number of amides is 1. The van der Waals surface area contributed by atoms with Crippen LogP contribution < -0.4 is 0 Å². The average Bonchev–Trinajstić information content (AvgIpc) is 3.49. The van der Waals surface area contributed by atoms with E-state index in [1.165, 1.54) is 0 Å². The van der Waals surface area contributed by atoms with Crippen LogP contribution in [0.15, 0.2) is 95.4 Å². The second-order valence-electron chi connectivity index (χ2n) is 8.26. The highest BCUT2D eigenvalue weighted by molar-refractivity contribution is 6.02. The second-order valence-corrected chi connectivity index (χ2v) is 8.26. The lowest BCUT2D eigenvalue weighted by atomic mass is 9.93. The Morgan fingerprint density at radius 3 is 2.44 bits per heavy atom. The number of rotatable bonds is 4. The van der Waals surface area contributed by atoms with Gasteiger partial charge in [0.25, 0.3) is 5.91 Å². The summed E-state index contributed by atoms with van der Waals surface area (Å²) in [4.78, 5) is 19.1. The molecule has 4 nitrogen and oxygen atoms in total. The van der Waals surface area contributed by atoms with Crippen molar-refractivity contribution in [3.63, 3.8) is 0 Å². The fourth-order valence-corrected chi connectivity index (χ4v) is 4.86. The Bertz CT molecular complexity index is 1440. The number of aryl methyl sites for hydroxylation is 1. The summed E-state index contributed by atoms with van der Waals surface area (Å²) >= 11 is 0. The van der Waals surface area contributed by atoms with Crippen LogP contribution in [0.4, 0.5) is 0 Å². The molecule has 5 aromatic rings. The van der Waals surface area contributed by atoms with Crippen molar-refractivity contribution in [1.82, 2.24) is 9.88 Å². The van der Waals surface area contributed by atoms with E-state index in [1.807, 2.05) is 66.4 Å². The van der Waals surface area contributed by atoms with Gasteiger partial charge in [-0.3, -0.25) is 4.79 Å². The lowest BCUT2D eigenvalue weighted by molar-refractivity contribution is 0.0723. The van der Waals surface area contributed by atoms with Crippen LogP contribution in [0.5, 0.6) is 0 Å². The number of fused-ring (bicyclic) bond motifs is 2. The molecule has 0 radical (unpaired) electrons. The van der Waals surface area contributed by atoms with E-state index in [2.05, 4.69) is 41.4 Å². The molecular weight excluding hydrogens is 396 g/mol. The predicted molar refractivity (Wildman–Crippen MR) is 125 cm³/mol. The third-order valence-electron chi connectivity index (χ3n) is 6.26. The summed E-state index contributed by atoms with van der Waals surface area (Å²) in [5, 5.41) is 1.13. The summed E-state index contributed by atoms with van der Waals surface area (Å²) in [6.45, 7) is 2.34. The Morgan fingerprint density at radius 1 is 0.875 bits per heavy atom. The summed E-state index contributed by atoms with van der Waals surface area (Å²) in [7, 11) is 0. The van der Waals surface area contributed by atoms with Gasteiger partial charge in [-0.15, -0.1) is 0 Å². The van der Waals surface area contributed by atoms with E-state index in [9.17, 15) is 4.79 Å². The van der Waals surface area contributed by atoms with Gasteiger partial charge in [-0.25, -0.2) is 0 Å². The first-order valence-electron chi connectivity index (χ1n) is 10.8. The molecule has 2 aromatic heterocycles. The topological polar surface area (TPSA) is 49.2 Å². The predicted octanol–water partition coefficient (Wildman–Crippen LogP) is 6.48. The number of aromatic nitrogens is 1. The highest BCUT2D eigenvalue weighted by Gasteiger charge is 2.40. The van der Waals surface area contributed by atoms with Crippen molar-refractivity contribution in [3.8, 4) is 11.3 Å². The molecule has 0 aliphatic carbocycles. The van der Waals surface area contributed by atoms with Crippen LogP contribution in [0.1, 0.15) is 39.0 Å². The van der Waals surface area contributed by atoms with Gasteiger partial charge in [-0.05, 0) is 42.3 Å². The van der Waals surface area contributed by atoms with Gasteiger partial charge in [0.2, 0.25) is 0 Å². The quantitative estimate of drug-likeness (QED) is 0.363. The van der Waals surface area contributed by atoms with Crippen LogP contribution in [0.25, 0.3) is 22.2 Å². The van der Waals surface area contributed by atoms with E-state index in [4.69, 9.17) is 4.42 Å². The van der Waals surface area contributed by atoms with E-state index in [1.54, 1.807) is 0 Å². The fraction of sp³-hybridized carbons (Fsp3) is 0.107. The van der Waals surface area contributed by atoms with Crippen LogP contribution in [-0.2, 0) is 6.54 Å². The molecule has 0 spiro atoms. The maximum Gasteiger partial charge on any atom is 0.255 e. The molecule has 0 saturated heterocycles. The largest absolute Gasteiger partial charge is 0.464 e. The van der Waals surface area contributed by atoms with Gasteiger partial charge >= 0.3 is 0 Å². The summed E-state index contributed by atoms with van der Waals surface area (Å²) in [5.41, 5.74) is 6.11. The summed E-state index contributed by atoms with van der Waals surface area (Å²) in [6, 6.07) is 30.3. The molecular formula is C28H22N2O2. The van der Waals surface area contributed by atoms with Crippen molar-refractivity contribution in [1.29, 1.82) is 0 Å². The average molecular weight is 418 g/mol. The Labute approximate surface area is 186 Å². The van der Waals surface area contributed by atoms with Crippen molar-refractivity contribution in [2.75, 3.05) is 0 Å². The van der Waals surface area contributed by atoms with Gasteiger partial charge in [-0.2, -0.15) is 0 Å². The highest BCUT2D eigenvalue weighted by Crippen LogP contribution is 2.46. The Kier molecular flexibility index (Phi) is 4.25. The minimum atomic E-state index is -0.213. The molecule has 1 amide bonds. The van der Waals surface area contributed by atoms with E-state index >= 15 is 0 Å². The van der Waals surface area contributed by atoms with Crippen LogP contribution >= 0.6 is 0 Å². The van der Waals surface area contributed by atoms with Crippen molar-refractivity contribution in [3.05, 3.63) is 119 Å². The molecule has 0 bridgehead atoms. The standard InChI is InChI=1S/C28H22N2O2/c1-18-15-16-20(32-18)17-30-27(21-11-5-6-12-22(21)28(30)31)25-23-13-7-8-14-24(23)29-26(25)19-9-3-2-4-10-19/h2-16,27,29H,17H2,1H3. The third kappa shape index (κ3) is 2.88. The number of carbonyl (C=O) groups excluding carboxylic acids is 1. The van der Waals surface area contributed by atoms with Gasteiger partial charge < -0.3 is 14.3 Å². The number of para-hydroxylation sites is 1. The maximum absolute atomic E-state index is 13.6. The molecule has 1 aliphatic heterocycles. The number of benzene rings is 3. The first-order chi connectivity index (χ1) is 15.7. The zero-order valence-electron chi connectivity index (χ0n) is 17.7. The second kappa shape index (κ2) is 7.27. The van der Waals surface area contributed by atoms with Gasteiger partial charge in [0.1, 0.15) is 11.5 Å². The van der Waals surface area contributed by atoms with Gasteiger partial charge in [0, 0.05) is 22.0 Å². The van der Waals surface area contributed by atoms with Crippen molar-refractivity contribution in [2.24, 2.45) is 0 Å². The number of nitrogens with zero attached hydrogens (tertiary/aromatic N) is 1. The number of H-pyrrole nitrogens is 1. The van der Waals surface area contributed by atoms with E-state index < -0.39 is 0 Å². The Morgan fingerprint density at radius 2 is 1.62 bits per heavy atom. The number of nitrogens with one attached hydrogen (secondary N) is 1. The minimum absolute atomic E-state index is 0.0314. The molecule has 1 unspecified atom stereocenters. The van der Waals surface area contributed by atoms with Crippen LogP contribution in [0.2, 0.25) is 0 Å². The first kappa shape index (κ1) is 18.7. The van der Waals surface area contributed by atoms with Crippen molar-refractivity contribution >= 4 is 16.8 Å². The Balaban J connectivity index is 1.60. The van der Waals surface area contributed by atoms with E-state index in [0.29, 0.717) is 6.54 Å². The van der Waals surface area contributed by atoms with E-state index in [-0.39, 0.29) is 11.9 Å². The summed E-state index contributed by atoms with van der Waals surface area (Å²) < 4.78 is 5.86. The molecule has 156 valence electrons. The summed E-state index contributed by atoms with van der Waals surface area (Å²) in [5.74, 6) is 1.66. The normalized spacial score (nSPS) is 15.5. The molecule has 32 heavy (non-hydrogen) atoms. The molecule has 1 aliphatic rings. The van der Waals surface area contributed by atoms with Crippen LogP contribution in [0.3, 0.4) is 0 Å². The maximum atomic E-state index is 13.6. The SMILES string of the molecule is Cc1ccc(CN2C(=O)c3ccccc3C2c2c(-c3ccccc3)[nH]c3ccccc23)o1. The molecule has 1 atom stereocenters. The van der Waals surface area contributed by atoms with Crippen molar-refractivity contribution in [2.45, 2.75) is 19.5 Å². The highest BCUT2D eigenvalue weighted by atomic mass is 16.3. The van der Waals surface area contributed by atoms with Crippen molar-refractivity contribution < 1.29 is 9.21 Å². The number of carbonyl (C=O) groups is 1. The fourth-order valence-electron chi connectivity index (χ4n) is 4.86. The molecule has 3 aromatic carbocycles. The Hall–Kier alpha value is -4.05. The van der Waals surface area contributed by atoms with Gasteiger partial charge in [0.05, 0.1) is 18.3 Å².